The van der Waals surface area contributed by atoms with Crippen LogP contribution in [0.1, 0.15) is 37.6 Å². The SMILES string of the molecule is CCC(=O)c1ccc(OCC(=O)Nc2ccc(N(CC)CC)cc2)cc1. The molecule has 5 nitrogen and oxygen atoms in total. The molecule has 0 unspecified atom stereocenters. The van der Waals surface area contributed by atoms with Gasteiger partial charge in [0.15, 0.2) is 12.4 Å². The van der Waals surface area contributed by atoms with Crippen molar-refractivity contribution in [3.8, 4) is 5.75 Å². The summed E-state index contributed by atoms with van der Waals surface area (Å²) in [5.41, 5.74) is 2.52. The zero-order valence-corrected chi connectivity index (χ0v) is 15.6. The Bertz CT molecular complexity index is 720. The highest BCUT2D eigenvalue weighted by Crippen LogP contribution is 2.18. The monoisotopic (exact) mass is 354 g/mol. The van der Waals surface area contributed by atoms with E-state index in [1.54, 1.807) is 24.3 Å². The average Bonchev–Trinajstić information content (AvgIpc) is 2.68. The molecule has 0 saturated heterocycles. The number of Topliss-reactive ketones (excluding diaryl/α,β-unsaturated/α-hetero) is 1. The molecule has 2 aromatic carbocycles. The Morgan fingerprint density at radius 1 is 0.923 bits per heavy atom. The van der Waals surface area contributed by atoms with Gasteiger partial charge in [-0.25, -0.2) is 0 Å². The number of ketones is 1. The van der Waals surface area contributed by atoms with E-state index in [1.165, 1.54) is 0 Å². The second-order valence-electron chi connectivity index (χ2n) is 5.86. The fourth-order valence-corrected chi connectivity index (χ4v) is 2.63. The van der Waals surface area contributed by atoms with Gasteiger partial charge in [-0.3, -0.25) is 9.59 Å². The number of hydrogen-bond donors (Lipinski definition) is 1. The van der Waals surface area contributed by atoms with Gasteiger partial charge in [0.05, 0.1) is 0 Å². The van der Waals surface area contributed by atoms with E-state index in [1.807, 2.05) is 31.2 Å². The summed E-state index contributed by atoms with van der Waals surface area (Å²) < 4.78 is 5.47. The summed E-state index contributed by atoms with van der Waals surface area (Å²) in [6, 6.07) is 14.6. The van der Waals surface area contributed by atoms with Gasteiger partial charge in [0, 0.05) is 36.4 Å². The molecule has 0 aliphatic carbocycles. The van der Waals surface area contributed by atoms with Crippen molar-refractivity contribution in [1.29, 1.82) is 0 Å². The van der Waals surface area contributed by atoms with Gasteiger partial charge in [0.2, 0.25) is 0 Å². The largest absolute Gasteiger partial charge is 0.484 e. The van der Waals surface area contributed by atoms with E-state index in [0.29, 0.717) is 17.7 Å². The highest BCUT2D eigenvalue weighted by Gasteiger charge is 2.07. The molecule has 1 amide bonds. The van der Waals surface area contributed by atoms with Crippen LogP contribution in [-0.2, 0) is 4.79 Å². The number of nitrogens with zero attached hydrogens (tertiary/aromatic N) is 1. The normalized spacial score (nSPS) is 10.3. The van der Waals surface area contributed by atoms with Gasteiger partial charge in [0.25, 0.3) is 5.91 Å². The third-order valence-corrected chi connectivity index (χ3v) is 4.15. The quantitative estimate of drug-likeness (QED) is 0.688. The van der Waals surface area contributed by atoms with Crippen LogP contribution in [0.2, 0.25) is 0 Å². The lowest BCUT2D eigenvalue weighted by molar-refractivity contribution is -0.118. The Morgan fingerprint density at radius 2 is 1.54 bits per heavy atom. The van der Waals surface area contributed by atoms with Gasteiger partial charge in [0.1, 0.15) is 5.75 Å². The minimum atomic E-state index is -0.227. The van der Waals surface area contributed by atoms with Crippen LogP contribution in [0.3, 0.4) is 0 Å². The van der Waals surface area contributed by atoms with Crippen molar-refractivity contribution in [1.82, 2.24) is 0 Å². The maximum absolute atomic E-state index is 12.0. The van der Waals surface area contributed by atoms with E-state index < -0.39 is 0 Å². The summed E-state index contributed by atoms with van der Waals surface area (Å²) in [5, 5.41) is 2.82. The molecule has 0 aliphatic rings. The van der Waals surface area contributed by atoms with E-state index >= 15 is 0 Å². The van der Waals surface area contributed by atoms with Crippen molar-refractivity contribution in [2.75, 3.05) is 29.9 Å². The average molecular weight is 354 g/mol. The standard InChI is InChI=1S/C21H26N2O3/c1-4-20(24)16-7-13-19(14-8-16)26-15-21(25)22-17-9-11-18(12-10-17)23(5-2)6-3/h7-14H,4-6,15H2,1-3H3,(H,22,25). The maximum Gasteiger partial charge on any atom is 0.262 e. The minimum absolute atomic E-state index is 0.0845. The first-order valence-corrected chi connectivity index (χ1v) is 8.98. The number of anilines is 2. The first kappa shape index (κ1) is 19.5. The minimum Gasteiger partial charge on any atom is -0.484 e. The highest BCUT2D eigenvalue weighted by molar-refractivity contribution is 5.96. The summed E-state index contributed by atoms with van der Waals surface area (Å²) in [6.07, 6.45) is 0.468. The molecule has 2 rings (SSSR count). The molecule has 0 aromatic heterocycles. The lowest BCUT2D eigenvalue weighted by Gasteiger charge is -2.21. The highest BCUT2D eigenvalue weighted by atomic mass is 16.5. The van der Waals surface area contributed by atoms with Crippen LogP contribution in [0.15, 0.2) is 48.5 Å². The first-order valence-electron chi connectivity index (χ1n) is 8.98. The molecule has 26 heavy (non-hydrogen) atoms. The number of hydrogen-bond acceptors (Lipinski definition) is 4. The van der Waals surface area contributed by atoms with Gasteiger partial charge in [-0.15, -0.1) is 0 Å². The fourth-order valence-electron chi connectivity index (χ4n) is 2.63. The molecular weight excluding hydrogens is 328 g/mol. The van der Waals surface area contributed by atoms with Crippen molar-refractivity contribution in [2.24, 2.45) is 0 Å². The summed E-state index contributed by atoms with van der Waals surface area (Å²) in [6.45, 7) is 7.85. The van der Waals surface area contributed by atoms with Crippen LogP contribution in [-0.4, -0.2) is 31.4 Å². The number of benzene rings is 2. The molecule has 138 valence electrons. The van der Waals surface area contributed by atoms with Crippen molar-refractivity contribution < 1.29 is 14.3 Å². The topological polar surface area (TPSA) is 58.6 Å². The fraction of sp³-hybridized carbons (Fsp3) is 0.333. The summed E-state index contributed by atoms with van der Waals surface area (Å²) in [4.78, 5) is 25.9. The molecule has 1 N–H and O–H groups in total. The maximum atomic E-state index is 12.0. The van der Waals surface area contributed by atoms with Gasteiger partial charge < -0.3 is 15.0 Å². The predicted molar refractivity (Wildman–Crippen MR) is 105 cm³/mol. The molecule has 2 aromatic rings. The van der Waals surface area contributed by atoms with E-state index in [0.717, 1.165) is 24.5 Å². The molecule has 0 fully saturated rings. The molecule has 0 radical (unpaired) electrons. The molecule has 0 heterocycles. The van der Waals surface area contributed by atoms with Crippen molar-refractivity contribution in [3.05, 3.63) is 54.1 Å². The second kappa shape index (κ2) is 9.61. The molecule has 0 atom stereocenters. The van der Waals surface area contributed by atoms with Gasteiger partial charge in [-0.05, 0) is 62.4 Å². The summed E-state index contributed by atoms with van der Waals surface area (Å²) in [7, 11) is 0. The molecular formula is C21H26N2O3. The third-order valence-electron chi connectivity index (χ3n) is 4.15. The van der Waals surface area contributed by atoms with E-state index in [4.69, 9.17) is 4.74 Å². The third kappa shape index (κ3) is 5.34. The molecule has 5 heteroatoms. The van der Waals surface area contributed by atoms with Crippen LogP contribution < -0.4 is 15.0 Å². The summed E-state index contributed by atoms with van der Waals surface area (Å²) >= 11 is 0. The molecule has 0 aliphatic heterocycles. The number of amides is 1. The Hall–Kier alpha value is -2.82. The van der Waals surface area contributed by atoms with Crippen LogP contribution >= 0.6 is 0 Å². The Morgan fingerprint density at radius 3 is 2.08 bits per heavy atom. The second-order valence-corrected chi connectivity index (χ2v) is 5.86. The zero-order chi connectivity index (χ0) is 18.9. The molecule has 0 bridgehead atoms. The number of rotatable bonds is 9. The lowest BCUT2D eigenvalue weighted by Crippen LogP contribution is -2.22. The number of carbonyl (C=O) groups is 2. The lowest BCUT2D eigenvalue weighted by atomic mass is 10.1. The van der Waals surface area contributed by atoms with E-state index in [-0.39, 0.29) is 18.3 Å². The van der Waals surface area contributed by atoms with Gasteiger partial charge in [-0.2, -0.15) is 0 Å². The van der Waals surface area contributed by atoms with E-state index in [2.05, 4.69) is 24.1 Å². The number of nitrogens with one attached hydrogen (secondary N) is 1. The summed E-state index contributed by atoms with van der Waals surface area (Å²) in [5.74, 6) is 0.418. The van der Waals surface area contributed by atoms with Crippen molar-refractivity contribution >= 4 is 23.1 Å². The van der Waals surface area contributed by atoms with Crippen molar-refractivity contribution in [3.63, 3.8) is 0 Å². The molecule has 0 spiro atoms. The van der Waals surface area contributed by atoms with Crippen LogP contribution in [0.4, 0.5) is 11.4 Å². The molecule has 0 saturated carbocycles. The Balaban J connectivity index is 1.86. The number of ether oxygens (including phenoxy) is 1. The van der Waals surface area contributed by atoms with Crippen LogP contribution in [0.25, 0.3) is 0 Å². The van der Waals surface area contributed by atoms with Crippen LogP contribution in [0.5, 0.6) is 5.75 Å². The first-order chi connectivity index (χ1) is 12.6. The predicted octanol–water partition coefficient (Wildman–Crippen LogP) is 4.14. The van der Waals surface area contributed by atoms with Gasteiger partial charge >= 0.3 is 0 Å². The smallest absolute Gasteiger partial charge is 0.262 e. The Labute approximate surface area is 155 Å². The van der Waals surface area contributed by atoms with Crippen LogP contribution in [0, 0.1) is 0 Å². The van der Waals surface area contributed by atoms with Gasteiger partial charge in [-0.1, -0.05) is 6.92 Å². The zero-order valence-electron chi connectivity index (χ0n) is 15.6. The number of carbonyl (C=O) groups excluding carboxylic acids is 2. The van der Waals surface area contributed by atoms with E-state index in [9.17, 15) is 9.59 Å². The van der Waals surface area contributed by atoms with Crippen molar-refractivity contribution in [2.45, 2.75) is 27.2 Å². The Kier molecular flexibility index (Phi) is 7.21.